The monoisotopic (exact) mass is 265 g/mol. The third-order valence-corrected chi connectivity index (χ3v) is 2.55. The van der Waals surface area contributed by atoms with E-state index in [-0.39, 0.29) is 6.10 Å². The van der Waals surface area contributed by atoms with Gasteiger partial charge < -0.3 is 15.2 Å². The van der Waals surface area contributed by atoms with E-state index in [4.69, 9.17) is 15.2 Å². The molecule has 2 N–H and O–H groups in total. The molecule has 0 amide bonds. The molecular weight excluding hydrogens is 242 g/mol. The van der Waals surface area contributed by atoms with E-state index in [1.54, 1.807) is 32.0 Å². The van der Waals surface area contributed by atoms with Gasteiger partial charge in [0.2, 0.25) is 0 Å². The Labute approximate surface area is 114 Å². The molecule has 0 aliphatic heterocycles. The van der Waals surface area contributed by atoms with Crippen LogP contribution >= 0.6 is 0 Å². The van der Waals surface area contributed by atoms with Gasteiger partial charge in [0.25, 0.3) is 0 Å². The second-order valence-electron chi connectivity index (χ2n) is 5.23. The summed E-state index contributed by atoms with van der Waals surface area (Å²) in [6.07, 6.45) is 0.799. The average Bonchev–Trinajstić information content (AvgIpc) is 2.29. The normalized spacial score (nSPS) is 10.8. The summed E-state index contributed by atoms with van der Waals surface area (Å²) in [7, 11) is 0. The van der Waals surface area contributed by atoms with Gasteiger partial charge in [-0.2, -0.15) is 0 Å². The highest BCUT2D eigenvalue weighted by atomic mass is 16.5. The molecule has 0 unspecified atom stereocenters. The van der Waals surface area contributed by atoms with Crippen LogP contribution in [0.15, 0.2) is 18.2 Å². The number of rotatable bonds is 6. The molecule has 0 fully saturated rings. The van der Waals surface area contributed by atoms with Gasteiger partial charge in [0.1, 0.15) is 5.75 Å². The van der Waals surface area contributed by atoms with Gasteiger partial charge in [0.15, 0.2) is 0 Å². The van der Waals surface area contributed by atoms with E-state index in [9.17, 15) is 4.79 Å². The van der Waals surface area contributed by atoms with Gasteiger partial charge in [-0.15, -0.1) is 0 Å². The number of hydrogen-bond acceptors (Lipinski definition) is 4. The molecule has 4 nitrogen and oxygen atoms in total. The fraction of sp³-hybridized carbons (Fsp3) is 0.533. The molecular formula is C15H23NO3. The predicted octanol–water partition coefficient (Wildman–Crippen LogP) is 3.26. The van der Waals surface area contributed by atoms with Crippen LogP contribution in [0.1, 0.15) is 44.5 Å². The fourth-order valence-electron chi connectivity index (χ4n) is 1.49. The minimum absolute atomic E-state index is 0.169. The molecule has 1 aromatic carbocycles. The van der Waals surface area contributed by atoms with Gasteiger partial charge >= 0.3 is 5.97 Å². The summed E-state index contributed by atoms with van der Waals surface area (Å²) >= 11 is 0. The van der Waals surface area contributed by atoms with Gasteiger partial charge in [-0.25, -0.2) is 4.79 Å². The van der Waals surface area contributed by atoms with Crippen LogP contribution in [0.2, 0.25) is 0 Å². The summed E-state index contributed by atoms with van der Waals surface area (Å²) in [6.45, 7) is 8.50. The molecule has 1 rings (SSSR count). The van der Waals surface area contributed by atoms with Crippen LogP contribution in [0.3, 0.4) is 0 Å². The van der Waals surface area contributed by atoms with Crippen molar-refractivity contribution in [2.75, 3.05) is 12.3 Å². The molecule has 106 valence electrons. The predicted molar refractivity (Wildman–Crippen MR) is 76.4 cm³/mol. The Hall–Kier alpha value is -1.71. The molecule has 19 heavy (non-hydrogen) atoms. The molecule has 0 saturated heterocycles. The van der Waals surface area contributed by atoms with Crippen LogP contribution in [0.4, 0.5) is 5.69 Å². The quantitative estimate of drug-likeness (QED) is 0.633. The lowest BCUT2D eigenvalue weighted by molar-refractivity contribution is 0.0378. The highest BCUT2D eigenvalue weighted by Crippen LogP contribution is 2.21. The zero-order valence-corrected chi connectivity index (χ0v) is 12.1. The Morgan fingerprint density at radius 2 is 1.95 bits per heavy atom. The van der Waals surface area contributed by atoms with Gasteiger partial charge in [-0.3, -0.25) is 0 Å². The Morgan fingerprint density at radius 1 is 1.26 bits per heavy atom. The standard InChI is InChI=1S/C15H23NO3/c1-10(2)7-8-18-12-5-6-14(16)13(9-12)15(17)19-11(3)4/h5-6,9-11H,7-8,16H2,1-4H3. The first-order valence-electron chi connectivity index (χ1n) is 6.63. The van der Waals surface area contributed by atoms with E-state index < -0.39 is 5.97 Å². The highest BCUT2D eigenvalue weighted by Gasteiger charge is 2.14. The molecule has 0 bridgehead atoms. The fourth-order valence-corrected chi connectivity index (χ4v) is 1.49. The Balaban J connectivity index is 2.73. The number of benzene rings is 1. The van der Waals surface area contributed by atoms with Crippen LogP contribution in [0.25, 0.3) is 0 Å². The molecule has 0 radical (unpaired) electrons. The van der Waals surface area contributed by atoms with E-state index in [1.165, 1.54) is 0 Å². The lowest BCUT2D eigenvalue weighted by atomic mass is 10.1. The number of hydrogen-bond donors (Lipinski definition) is 1. The van der Waals surface area contributed by atoms with E-state index in [2.05, 4.69) is 13.8 Å². The third-order valence-electron chi connectivity index (χ3n) is 2.55. The lowest BCUT2D eigenvalue weighted by Crippen LogP contribution is -2.13. The molecule has 0 aliphatic rings. The van der Waals surface area contributed by atoms with Crippen LogP contribution in [0, 0.1) is 5.92 Å². The van der Waals surface area contributed by atoms with Crippen molar-refractivity contribution in [2.24, 2.45) is 5.92 Å². The number of anilines is 1. The number of nitrogens with two attached hydrogens (primary N) is 1. The second kappa shape index (κ2) is 7.02. The summed E-state index contributed by atoms with van der Waals surface area (Å²) < 4.78 is 10.7. The maximum Gasteiger partial charge on any atom is 0.340 e. The Bertz CT molecular complexity index is 427. The summed E-state index contributed by atoms with van der Waals surface area (Å²) in [5.74, 6) is 0.812. The van der Waals surface area contributed by atoms with Crippen molar-refractivity contribution in [1.29, 1.82) is 0 Å². The lowest BCUT2D eigenvalue weighted by Gasteiger charge is -2.12. The van der Waals surface area contributed by atoms with Crippen LogP contribution in [0.5, 0.6) is 5.75 Å². The smallest absolute Gasteiger partial charge is 0.340 e. The largest absolute Gasteiger partial charge is 0.494 e. The van der Waals surface area contributed by atoms with Crippen molar-refractivity contribution in [3.05, 3.63) is 23.8 Å². The van der Waals surface area contributed by atoms with Gasteiger partial charge in [0, 0.05) is 5.69 Å². The average molecular weight is 265 g/mol. The van der Waals surface area contributed by atoms with Gasteiger partial charge in [-0.05, 0) is 44.4 Å². The zero-order chi connectivity index (χ0) is 14.4. The zero-order valence-electron chi connectivity index (χ0n) is 12.1. The molecule has 0 aliphatic carbocycles. The maximum absolute atomic E-state index is 11.9. The number of esters is 1. The molecule has 4 heteroatoms. The summed E-state index contributed by atoms with van der Waals surface area (Å²) in [6, 6.07) is 5.07. The molecule has 0 heterocycles. The van der Waals surface area contributed by atoms with E-state index in [0.717, 1.165) is 6.42 Å². The van der Waals surface area contributed by atoms with E-state index in [0.29, 0.717) is 29.5 Å². The van der Waals surface area contributed by atoms with Crippen molar-refractivity contribution < 1.29 is 14.3 Å². The van der Waals surface area contributed by atoms with Crippen molar-refractivity contribution >= 4 is 11.7 Å². The maximum atomic E-state index is 11.9. The van der Waals surface area contributed by atoms with Crippen molar-refractivity contribution in [1.82, 2.24) is 0 Å². The number of nitrogen functional groups attached to an aromatic ring is 1. The number of carbonyl (C=O) groups excluding carboxylic acids is 1. The molecule has 0 aromatic heterocycles. The molecule has 1 aromatic rings. The summed E-state index contributed by atoms with van der Waals surface area (Å²) in [5, 5.41) is 0. The van der Waals surface area contributed by atoms with Gasteiger partial charge in [0.05, 0.1) is 18.3 Å². The Morgan fingerprint density at radius 3 is 2.53 bits per heavy atom. The van der Waals surface area contributed by atoms with Crippen molar-refractivity contribution in [2.45, 2.75) is 40.2 Å². The van der Waals surface area contributed by atoms with Crippen molar-refractivity contribution in [3.63, 3.8) is 0 Å². The van der Waals surface area contributed by atoms with E-state index in [1.807, 2.05) is 0 Å². The summed E-state index contributed by atoms with van der Waals surface area (Å²) in [5.41, 5.74) is 6.55. The minimum Gasteiger partial charge on any atom is -0.494 e. The third kappa shape index (κ3) is 5.20. The topological polar surface area (TPSA) is 61.5 Å². The van der Waals surface area contributed by atoms with E-state index >= 15 is 0 Å². The second-order valence-corrected chi connectivity index (χ2v) is 5.23. The highest BCUT2D eigenvalue weighted by molar-refractivity contribution is 5.95. The number of ether oxygens (including phenoxy) is 2. The molecule has 0 atom stereocenters. The first-order valence-corrected chi connectivity index (χ1v) is 6.63. The molecule has 0 spiro atoms. The van der Waals surface area contributed by atoms with Gasteiger partial charge in [-0.1, -0.05) is 13.8 Å². The van der Waals surface area contributed by atoms with Crippen LogP contribution < -0.4 is 10.5 Å². The van der Waals surface area contributed by atoms with Crippen LogP contribution in [-0.4, -0.2) is 18.7 Å². The Kier molecular flexibility index (Phi) is 5.67. The van der Waals surface area contributed by atoms with Crippen molar-refractivity contribution in [3.8, 4) is 5.75 Å². The SMILES string of the molecule is CC(C)CCOc1ccc(N)c(C(=O)OC(C)C)c1. The molecule has 0 saturated carbocycles. The minimum atomic E-state index is -0.415. The van der Waals surface area contributed by atoms with Crippen LogP contribution in [-0.2, 0) is 4.74 Å². The summed E-state index contributed by atoms with van der Waals surface area (Å²) in [4.78, 5) is 11.9. The number of carbonyl (C=O) groups is 1. The first-order chi connectivity index (χ1) is 8.90. The first kappa shape index (κ1) is 15.3.